The molecule has 0 spiro atoms. The number of benzene rings is 3. The molecule has 28 heavy (non-hydrogen) atoms. The fourth-order valence-corrected chi connectivity index (χ4v) is 2.74. The van der Waals surface area contributed by atoms with Gasteiger partial charge < -0.3 is 4.74 Å². The van der Waals surface area contributed by atoms with E-state index < -0.39 is 4.92 Å². The van der Waals surface area contributed by atoms with Crippen molar-refractivity contribution in [3.8, 4) is 11.8 Å². The molecule has 0 aromatic heterocycles. The summed E-state index contributed by atoms with van der Waals surface area (Å²) in [6.07, 6.45) is 1.72. The van der Waals surface area contributed by atoms with Crippen LogP contribution < -0.4 is 4.74 Å². The van der Waals surface area contributed by atoms with E-state index in [4.69, 9.17) is 16.3 Å². The molecule has 138 valence electrons. The molecule has 3 aromatic rings. The lowest BCUT2D eigenvalue weighted by Gasteiger charge is -2.08. The van der Waals surface area contributed by atoms with Crippen LogP contribution in [0.25, 0.3) is 11.6 Å². The van der Waals surface area contributed by atoms with Crippen molar-refractivity contribution in [2.45, 2.75) is 6.61 Å². The third-order valence-electron chi connectivity index (χ3n) is 4.05. The lowest BCUT2D eigenvalue weighted by molar-refractivity contribution is -0.384. The Kier molecular flexibility index (Phi) is 6.05. The summed E-state index contributed by atoms with van der Waals surface area (Å²) in [6, 6.07) is 22.8. The zero-order chi connectivity index (χ0) is 19.9. The number of halogens is 1. The smallest absolute Gasteiger partial charge is 0.269 e. The number of rotatable bonds is 6. The van der Waals surface area contributed by atoms with Crippen LogP contribution >= 0.6 is 11.6 Å². The maximum Gasteiger partial charge on any atom is 0.269 e. The Labute approximate surface area is 167 Å². The number of non-ortho nitro benzene ring substituents is 1. The Hall–Kier alpha value is -3.62. The first-order valence-corrected chi connectivity index (χ1v) is 8.77. The van der Waals surface area contributed by atoms with Crippen LogP contribution in [0, 0.1) is 21.4 Å². The lowest BCUT2D eigenvalue weighted by atomic mass is 10.0. The summed E-state index contributed by atoms with van der Waals surface area (Å²) >= 11 is 6.12. The average Bonchev–Trinajstić information content (AvgIpc) is 2.72. The molecule has 0 aliphatic carbocycles. The summed E-state index contributed by atoms with van der Waals surface area (Å²) < 4.78 is 5.75. The molecular weight excluding hydrogens is 376 g/mol. The van der Waals surface area contributed by atoms with E-state index in [1.54, 1.807) is 18.2 Å². The maximum atomic E-state index is 10.7. The molecule has 6 heteroatoms. The zero-order valence-corrected chi connectivity index (χ0v) is 15.5. The molecule has 0 fully saturated rings. The molecule has 0 heterocycles. The van der Waals surface area contributed by atoms with E-state index in [-0.39, 0.29) is 5.69 Å². The minimum Gasteiger partial charge on any atom is -0.489 e. The van der Waals surface area contributed by atoms with E-state index in [0.29, 0.717) is 28.5 Å². The maximum absolute atomic E-state index is 10.7. The molecule has 0 atom stereocenters. The van der Waals surface area contributed by atoms with E-state index in [2.05, 4.69) is 6.07 Å². The summed E-state index contributed by atoms with van der Waals surface area (Å²) in [5.74, 6) is 0.686. The first kappa shape index (κ1) is 19.2. The van der Waals surface area contributed by atoms with Crippen LogP contribution in [0.5, 0.6) is 5.75 Å². The molecule has 0 N–H and O–H groups in total. The Morgan fingerprint density at radius 2 is 1.75 bits per heavy atom. The minimum atomic E-state index is -0.471. The summed E-state index contributed by atoms with van der Waals surface area (Å²) in [5, 5.41) is 20.8. The molecule has 3 rings (SSSR count). The van der Waals surface area contributed by atoms with Gasteiger partial charge in [0.2, 0.25) is 0 Å². The quantitative estimate of drug-likeness (QED) is 0.227. The highest BCUT2D eigenvalue weighted by Crippen LogP contribution is 2.23. The van der Waals surface area contributed by atoms with Crippen molar-refractivity contribution in [2.24, 2.45) is 0 Å². The van der Waals surface area contributed by atoms with Gasteiger partial charge in [0.15, 0.2) is 0 Å². The van der Waals surface area contributed by atoms with Gasteiger partial charge >= 0.3 is 0 Å². The number of allylic oxidation sites excluding steroid dienone is 1. The Bertz CT molecular complexity index is 1050. The molecule has 0 unspecified atom stereocenters. The number of hydrogen-bond acceptors (Lipinski definition) is 4. The Balaban J connectivity index is 1.72. The van der Waals surface area contributed by atoms with Crippen molar-refractivity contribution in [3.63, 3.8) is 0 Å². The second kappa shape index (κ2) is 8.85. The molecular formula is C22H15ClN2O3. The predicted molar refractivity (Wildman–Crippen MR) is 109 cm³/mol. The van der Waals surface area contributed by atoms with E-state index in [0.717, 1.165) is 11.1 Å². The number of nitro groups is 1. The second-order valence-electron chi connectivity index (χ2n) is 5.92. The van der Waals surface area contributed by atoms with Crippen molar-refractivity contribution in [1.29, 1.82) is 5.26 Å². The first-order valence-electron chi connectivity index (χ1n) is 8.40. The minimum absolute atomic E-state index is 0.0129. The molecule has 0 aliphatic rings. The van der Waals surface area contributed by atoms with Gasteiger partial charge in [-0.3, -0.25) is 10.1 Å². The van der Waals surface area contributed by atoms with Gasteiger partial charge in [0.1, 0.15) is 12.4 Å². The van der Waals surface area contributed by atoms with Crippen LogP contribution in [0.2, 0.25) is 5.02 Å². The van der Waals surface area contributed by atoms with E-state index in [9.17, 15) is 15.4 Å². The molecule has 0 amide bonds. The van der Waals surface area contributed by atoms with E-state index in [1.165, 1.54) is 12.1 Å². The third kappa shape index (κ3) is 4.76. The highest BCUT2D eigenvalue weighted by atomic mass is 35.5. The van der Waals surface area contributed by atoms with Gasteiger partial charge in [0.05, 0.1) is 16.6 Å². The van der Waals surface area contributed by atoms with E-state index in [1.807, 2.05) is 48.5 Å². The van der Waals surface area contributed by atoms with Gasteiger partial charge in [-0.2, -0.15) is 5.26 Å². The average molecular weight is 391 g/mol. The molecule has 0 bridgehead atoms. The lowest BCUT2D eigenvalue weighted by Crippen LogP contribution is -1.96. The standard InChI is InChI=1S/C22H15ClN2O3/c23-22-4-2-1-3-18(22)15-28-21-11-5-16(6-12-21)13-19(14-24)17-7-9-20(10-8-17)25(26)27/h1-13H,15H2. The summed E-state index contributed by atoms with van der Waals surface area (Å²) in [6.45, 7) is 0.362. The van der Waals surface area contributed by atoms with Crippen LogP contribution in [0.4, 0.5) is 5.69 Å². The zero-order valence-electron chi connectivity index (χ0n) is 14.7. The number of nitriles is 1. The molecule has 0 saturated heterocycles. The molecule has 0 aliphatic heterocycles. The van der Waals surface area contributed by atoms with Crippen molar-refractivity contribution in [3.05, 3.63) is 105 Å². The Morgan fingerprint density at radius 3 is 2.36 bits per heavy atom. The third-order valence-corrected chi connectivity index (χ3v) is 4.42. The van der Waals surface area contributed by atoms with Crippen LogP contribution in [-0.4, -0.2) is 4.92 Å². The molecule has 5 nitrogen and oxygen atoms in total. The molecule has 0 saturated carbocycles. The topological polar surface area (TPSA) is 76.2 Å². The SMILES string of the molecule is N#CC(=Cc1ccc(OCc2ccccc2Cl)cc1)c1ccc([N+](=O)[O-])cc1. The van der Waals surface area contributed by atoms with Crippen molar-refractivity contribution in [1.82, 2.24) is 0 Å². The van der Waals surface area contributed by atoms with Gasteiger partial charge in [0, 0.05) is 22.7 Å². The van der Waals surface area contributed by atoms with Gasteiger partial charge in [0.25, 0.3) is 5.69 Å². The highest BCUT2D eigenvalue weighted by molar-refractivity contribution is 6.31. The number of ether oxygens (including phenoxy) is 1. The summed E-state index contributed by atoms with van der Waals surface area (Å²) in [5.41, 5.74) is 2.74. The van der Waals surface area contributed by atoms with Crippen molar-refractivity contribution < 1.29 is 9.66 Å². The number of nitro benzene ring substituents is 1. The fraction of sp³-hybridized carbons (Fsp3) is 0.0455. The first-order chi connectivity index (χ1) is 13.6. The van der Waals surface area contributed by atoms with Gasteiger partial charge in [-0.15, -0.1) is 0 Å². The van der Waals surface area contributed by atoms with Gasteiger partial charge in [-0.05, 0) is 47.5 Å². The van der Waals surface area contributed by atoms with Crippen molar-refractivity contribution >= 4 is 28.9 Å². The number of nitrogens with zero attached hydrogens (tertiary/aromatic N) is 2. The van der Waals surface area contributed by atoms with Gasteiger partial charge in [-0.1, -0.05) is 41.9 Å². The fourth-order valence-electron chi connectivity index (χ4n) is 2.55. The van der Waals surface area contributed by atoms with Gasteiger partial charge in [-0.25, -0.2) is 0 Å². The summed E-state index contributed by atoms with van der Waals surface area (Å²) in [7, 11) is 0. The molecule has 3 aromatic carbocycles. The highest BCUT2D eigenvalue weighted by Gasteiger charge is 2.07. The van der Waals surface area contributed by atoms with Crippen molar-refractivity contribution in [2.75, 3.05) is 0 Å². The normalized spacial score (nSPS) is 10.9. The van der Waals surface area contributed by atoms with E-state index >= 15 is 0 Å². The van der Waals surface area contributed by atoms with Crippen LogP contribution in [0.3, 0.4) is 0 Å². The summed E-state index contributed by atoms with van der Waals surface area (Å²) in [4.78, 5) is 10.3. The second-order valence-corrected chi connectivity index (χ2v) is 6.33. The Morgan fingerprint density at radius 1 is 1.07 bits per heavy atom. The van der Waals surface area contributed by atoms with Crippen LogP contribution in [-0.2, 0) is 6.61 Å². The largest absolute Gasteiger partial charge is 0.489 e. The molecule has 0 radical (unpaired) electrons. The van der Waals surface area contributed by atoms with Crippen LogP contribution in [0.15, 0.2) is 72.8 Å². The monoisotopic (exact) mass is 390 g/mol. The van der Waals surface area contributed by atoms with Crippen LogP contribution in [0.1, 0.15) is 16.7 Å². The number of hydrogen-bond donors (Lipinski definition) is 0. The predicted octanol–water partition coefficient (Wildman–Crippen LogP) is 5.89.